The number of nitrogens with one attached hydrogen (secondary N) is 2. The highest BCUT2D eigenvalue weighted by Crippen LogP contribution is 2.27. The van der Waals surface area contributed by atoms with Gasteiger partial charge in [-0.15, -0.1) is 0 Å². The predicted molar refractivity (Wildman–Crippen MR) is 112 cm³/mol. The Hall–Kier alpha value is -3.55. The van der Waals surface area contributed by atoms with Crippen molar-refractivity contribution in [3.8, 4) is 11.5 Å². The number of rotatable bonds is 8. The Morgan fingerprint density at radius 1 is 1.00 bits per heavy atom. The monoisotopic (exact) mass is 411 g/mol. The van der Waals surface area contributed by atoms with Gasteiger partial charge in [0.1, 0.15) is 0 Å². The van der Waals surface area contributed by atoms with E-state index in [2.05, 4.69) is 10.6 Å². The number of amides is 3. The average molecular weight is 411 g/mol. The molecule has 2 aromatic carbocycles. The van der Waals surface area contributed by atoms with Crippen molar-refractivity contribution in [1.82, 2.24) is 10.6 Å². The van der Waals surface area contributed by atoms with E-state index in [0.29, 0.717) is 23.6 Å². The first kappa shape index (κ1) is 21.2. The molecular weight excluding hydrogens is 386 g/mol. The zero-order chi connectivity index (χ0) is 21.5. The highest BCUT2D eigenvalue weighted by atomic mass is 16.5. The minimum absolute atomic E-state index is 0.0666. The van der Waals surface area contributed by atoms with Gasteiger partial charge in [-0.2, -0.15) is 0 Å². The fraction of sp³-hybridized carbons (Fsp3) is 0.318. The third-order valence-electron chi connectivity index (χ3n) is 4.92. The maximum absolute atomic E-state index is 12.4. The van der Waals surface area contributed by atoms with Crippen LogP contribution >= 0.6 is 0 Å². The number of carbonyl (C=O) groups is 3. The van der Waals surface area contributed by atoms with Crippen LogP contribution in [0.3, 0.4) is 0 Å². The standard InChI is InChI=1S/C22H25N3O5/c1-29-18-9-8-15(12-19(18)30-2)21(27)23-10-11-24-22(28)16-13-20(26)25(14-16)17-6-4-3-5-7-17/h3-9,12,16H,10-11,13-14H2,1-2H3,(H,23,27)(H,24,28). The van der Waals surface area contributed by atoms with Crippen LogP contribution in [0.1, 0.15) is 16.8 Å². The molecule has 1 saturated heterocycles. The lowest BCUT2D eigenvalue weighted by Crippen LogP contribution is -2.38. The Balaban J connectivity index is 1.45. The summed E-state index contributed by atoms with van der Waals surface area (Å²) in [6.45, 7) is 0.891. The van der Waals surface area contributed by atoms with Gasteiger partial charge in [0.15, 0.2) is 11.5 Å². The van der Waals surface area contributed by atoms with Gasteiger partial charge in [0.2, 0.25) is 11.8 Å². The molecular formula is C22H25N3O5. The van der Waals surface area contributed by atoms with E-state index in [1.54, 1.807) is 23.1 Å². The number of benzene rings is 2. The Bertz CT molecular complexity index is 916. The molecule has 0 aromatic heterocycles. The van der Waals surface area contributed by atoms with Gasteiger partial charge < -0.3 is 25.0 Å². The highest BCUT2D eigenvalue weighted by molar-refractivity contribution is 6.00. The average Bonchev–Trinajstić information content (AvgIpc) is 3.18. The Morgan fingerprint density at radius 3 is 2.40 bits per heavy atom. The van der Waals surface area contributed by atoms with Gasteiger partial charge in [-0.1, -0.05) is 18.2 Å². The van der Waals surface area contributed by atoms with Crippen molar-refractivity contribution < 1.29 is 23.9 Å². The number of methoxy groups -OCH3 is 2. The molecule has 158 valence electrons. The molecule has 0 aliphatic carbocycles. The molecule has 3 amide bonds. The van der Waals surface area contributed by atoms with Crippen LogP contribution in [-0.2, 0) is 9.59 Å². The third-order valence-corrected chi connectivity index (χ3v) is 4.92. The van der Waals surface area contributed by atoms with E-state index < -0.39 is 5.92 Å². The first-order valence-corrected chi connectivity index (χ1v) is 9.67. The van der Waals surface area contributed by atoms with Crippen LogP contribution in [0.15, 0.2) is 48.5 Å². The molecule has 2 N–H and O–H groups in total. The van der Waals surface area contributed by atoms with Gasteiger partial charge in [0.05, 0.1) is 20.1 Å². The minimum atomic E-state index is -0.403. The van der Waals surface area contributed by atoms with E-state index in [9.17, 15) is 14.4 Å². The zero-order valence-electron chi connectivity index (χ0n) is 17.0. The lowest BCUT2D eigenvalue weighted by Gasteiger charge is -2.16. The van der Waals surface area contributed by atoms with E-state index in [1.165, 1.54) is 14.2 Å². The smallest absolute Gasteiger partial charge is 0.251 e. The van der Waals surface area contributed by atoms with Gasteiger partial charge >= 0.3 is 0 Å². The van der Waals surface area contributed by atoms with Crippen molar-refractivity contribution in [2.45, 2.75) is 6.42 Å². The van der Waals surface area contributed by atoms with Crippen molar-refractivity contribution in [2.75, 3.05) is 38.8 Å². The van der Waals surface area contributed by atoms with E-state index in [-0.39, 0.29) is 37.2 Å². The molecule has 30 heavy (non-hydrogen) atoms. The van der Waals surface area contributed by atoms with Crippen LogP contribution < -0.4 is 25.0 Å². The molecule has 1 fully saturated rings. The molecule has 8 nitrogen and oxygen atoms in total. The second-order valence-corrected chi connectivity index (χ2v) is 6.86. The summed E-state index contributed by atoms with van der Waals surface area (Å²) in [5, 5.41) is 5.54. The zero-order valence-corrected chi connectivity index (χ0v) is 17.0. The first-order valence-electron chi connectivity index (χ1n) is 9.67. The molecule has 0 bridgehead atoms. The molecule has 0 saturated carbocycles. The number of ether oxygens (including phenoxy) is 2. The van der Waals surface area contributed by atoms with Crippen LogP contribution in [-0.4, -0.2) is 51.6 Å². The van der Waals surface area contributed by atoms with Crippen molar-refractivity contribution in [3.05, 3.63) is 54.1 Å². The highest BCUT2D eigenvalue weighted by Gasteiger charge is 2.34. The molecule has 2 aromatic rings. The number of hydrogen-bond acceptors (Lipinski definition) is 5. The van der Waals surface area contributed by atoms with E-state index in [0.717, 1.165) is 5.69 Å². The van der Waals surface area contributed by atoms with Gasteiger partial charge in [-0.25, -0.2) is 0 Å². The largest absolute Gasteiger partial charge is 0.493 e. The van der Waals surface area contributed by atoms with Gasteiger partial charge in [-0.05, 0) is 30.3 Å². The van der Waals surface area contributed by atoms with E-state index >= 15 is 0 Å². The van der Waals surface area contributed by atoms with E-state index in [1.807, 2.05) is 30.3 Å². The molecule has 1 heterocycles. The van der Waals surface area contributed by atoms with Crippen molar-refractivity contribution in [1.29, 1.82) is 0 Å². The van der Waals surface area contributed by atoms with Crippen LogP contribution in [0.5, 0.6) is 11.5 Å². The summed E-state index contributed by atoms with van der Waals surface area (Å²) in [5.41, 5.74) is 1.22. The number of carbonyl (C=O) groups excluding carboxylic acids is 3. The Labute approximate surface area is 175 Å². The number of anilines is 1. The second kappa shape index (κ2) is 9.78. The summed E-state index contributed by atoms with van der Waals surface area (Å²) in [7, 11) is 3.03. The van der Waals surface area contributed by atoms with E-state index in [4.69, 9.17) is 9.47 Å². The van der Waals surface area contributed by atoms with Gasteiger partial charge in [0, 0.05) is 37.3 Å². The SMILES string of the molecule is COc1ccc(C(=O)NCCNC(=O)C2CC(=O)N(c3ccccc3)C2)cc1OC. The molecule has 0 radical (unpaired) electrons. The Morgan fingerprint density at radius 2 is 1.70 bits per heavy atom. The molecule has 1 atom stereocenters. The summed E-state index contributed by atoms with van der Waals surface area (Å²) in [6, 6.07) is 14.2. The summed E-state index contributed by atoms with van der Waals surface area (Å²) in [6.07, 6.45) is 0.179. The molecule has 0 spiro atoms. The Kier molecular flexibility index (Phi) is 6.90. The molecule has 1 unspecified atom stereocenters. The lowest BCUT2D eigenvalue weighted by molar-refractivity contribution is -0.126. The third kappa shape index (κ3) is 4.89. The molecule has 8 heteroatoms. The normalized spacial score (nSPS) is 15.6. The number of para-hydroxylation sites is 1. The fourth-order valence-electron chi connectivity index (χ4n) is 3.33. The molecule has 1 aliphatic heterocycles. The lowest BCUT2D eigenvalue weighted by atomic mass is 10.1. The quantitative estimate of drug-likeness (QED) is 0.643. The summed E-state index contributed by atoms with van der Waals surface area (Å²) >= 11 is 0. The predicted octanol–water partition coefficient (Wildman–Crippen LogP) is 1.60. The topological polar surface area (TPSA) is 97.0 Å². The van der Waals surface area contributed by atoms with Gasteiger partial charge in [-0.3, -0.25) is 14.4 Å². The van der Waals surface area contributed by atoms with Crippen LogP contribution in [0.4, 0.5) is 5.69 Å². The maximum atomic E-state index is 12.4. The first-order chi connectivity index (χ1) is 14.5. The van der Waals surface area contributed by atoms with Crippen LogP contribution in [0.25, 0.3) is 0 Å². The number of nitrogens with zero attached hydrogens (tertiary/aromatic N) is 1. The summed E-state index contributed by atoms with van der Waals surface area (Å²) in [4.78, 5) is 38.5. The second-order valence-electron chi connectivity index (χ2n) is 6.86. The maximum Gasteiger partial charge on any atom is 0.251 e. The summed E-state index contributed by atoms with van der Waals surface area (Å²) < 4.78 is 10.4. The van der Waals surface area contributed by atoms with Crippen LogP contribution in [0.2, 0.25) is 0 Å². The van der Waals surface area contributed by atoms with Crippen LogP contribution in [0, 0.1) is 5.92 Å². The number of hydrogen-bond donors (Lipinski definition) is 2. The minimum Gasteiger partial charge on any atom is -0.493 e. The van der Waals surface area contributed by atoms with Crippen molar-refractivity contribution >= 4 is 23.4 Å². The van der Waals surface area contributed by atoms with Crippen molar-refractivity contribution in [3.63, 3.8) is 0 Å². The fourth-order valence-corrected chi connectivity index (χ4v) is 3.33. The van der Waals surface area contributed by atoms with Gasteiger partial charge in [0.25, 0.3) is 5.91 Å². The summed E-state index contributed by atoms with van der Waals surface area (Å²) in [5.74, 6) is 0.0605. The molecule has 3 rings (SSSR count). The van der Waals surface area contributed by atoms with Crippen molar-refractivity contribution in [2.24, 2.45) is 5.92 Å². The molecule has 1 aliphatic rings.